The van der Waals surface area contributed by atoms with E-state index in [0.29, 0.717) is 0 Å². The fourth-order valence-corrected chi connectivity index (χ4v) is 2.60. The Hall–Kier alpha value is -0.0800. The van der Waals surface area contributed by atoms with Crippen LogP contribution >= 0.6 is 0 Å². The van der Waals surface area contributed by atoms with E-state index >= 15 is 0 Å². The van der Waals surface area contributed by atoms with E-state index in [1.807, 2.05) is 0 Å². The normalized spacial score (nSPS) is 25.8. The van der Waals surface area contributed by atoms with Crippen molar-refractivity contribution >= 4 is 0 Å². The Morgan fingerprint density at radius 1 is 1.20 bits per heavy atom. The Bertz CT molecular complexity index is 209. The van der Waals surface area contributed by atoms with Crippen LogP contribution in [0.3, 0.4) is 0 Å². The minimum absolute atomic E-state index is 0.00439. The van der Waals surface area contributed by atoms with Gasteiger partial charge in [0, 0.05) is 12.6 Å². The second-order valence-electron chi connectivity index (χ2n) is 6.26. The molecule has 15 heavy (non-hydrogen) atoms. The third-order valence-corrected chi connectivity index (χ3v) is 3.33. The van der Waals surface area contributed by atoms with E-state index in [0.717, 1.165) is 12.6 Å². The SMILES string of the molecule is CC(C)(C)OC1(CNC2CC2)CCCC1. The molecule has 0 aliphatic heterocycles. The van der Waals surface area contributed by atoms with Crippen molar-refractivity contribution in [2.75, 3.05) is 6.54 Å². The maximum atomic E-state index is 6.30. The second kappa shape index (κ2) is 4.06. The number of rotatable bonds is 4. The van der Waals surface area contributed by atoms with Crippen LogP contribution in [0, 0.1) is 0 Å². The van der Waals surface area contributed by atoms with Crippen LogP contribution in [0.2, 0.25) is 0 Å². The highest BCUT2D eigenvalue weighted by Crippen LogP contribution is 2.36. The van der Waals surface area contributed by atoms with Crippen LogP contribution in [0.4, 0.5) is 0 Å². The van der Waals surface area contributed by atoms with Gasteiger partial charge in [0.2, 0.25) is 0 Å². The van der Waals surface area contributed by atoms with Gasteiger partial charge in [0.15, 0.2) is 0 Å². The second-order valence-corrected chi connectivity index (χ2v) is 6.26. The number of nitrogens with one attached hydrogen (secondary N) is 1. The van der Waals surface area contributed by atoms with Crippen LogP contribution in [-0.4, -0.2) is 23.8 Å². The molecule has 2 nitrogen and oxygen atoms in total. The highest BCUT2D eigenvalue weighted by Gasteiger charge is 2.39. The summed E-state index contributed by atoms with van der Waals surface area (Å²) < 4.78 is 6.30. The van der Waals surface area contributed by atoms with Crippen molar-refractivity contribution in [2.45, 2.75) is 76.5 Å². The van der Waals surface area contributed by atoms with E-state index < -0.39 is 0 Å². The van der Waals surface area contributed by atoms with Crippen molar-refractivity contribution in [1.82, 2.24) is 5.32 Å². The van der Waals surface area contributed by atoms with Crippen molar-refractivity contribution in [2.24, 2.45) is 0 Å². The molecule has 0 heterocycles. The van der Waals surface area contributed by atoms with Crippen molar-refractivity contribution in [3.63, 3.8) is 0 Å². The minimum Gasteiger partial charge on any atom is -0.368 e. The standard InChI is InChI=1S/C13H25NO/c1-12(2,3)15-13(8-4-5-9-13)10-14-11-6-7-11/h11,14H,4-10H2,1-3H3. The minimum atomic E-state index is -0.00439. The molecule has 0 aromatic heterocycles. The smallest absolute Gasteiger partial charge is 0.0813 e. The van der Waals surface area contributed by atoms with Crippen molar-refractivity contribution in [1.29, 1.82) is 0 Å². The molecule has 2 aliphatic carbocycles. The molecule has 88 valence electrons. The van der Waals surface area contributed by atoms with Crippen LogP contribution in [-0.2, 0) is 4.74 Å². The zero-order valence-corrected chi connectivity index (χ0v) is 10.4. The molecule has 2 fully saturated rings. The molecule has 0 amide bonds. The van der Waals surface area contributed by atoms with Gasteiger partial charge in [0.05, 0.1) is 11.2 Å². The topological polar surface area (TPSA) is 21.3 Å². The predicted octanol–water partition coefficient (Wildman–Crippen LogP) is 2.87. The van der Waals surface area contributed by atoms with E-state index in [-0.39, 0.29) is 11.2 Å². The summed E-state index contributed by atoms with van der Waals surface area (Å²) in [6, 6.07) is 0.797. The van der Waals surface area contributed by atoms with Crippen LogP contribution in [0.5, 0.6) is 0 Å². The summed E-state index contributed by atoms with van der Waals surface area (Å²) in [5.74, 6) is 0. The van der Waals surface area contributed by atoms with Gasteiger partial charge in [-0.05, 0) is 46.5 Å². The van der Waals surface area contributed by atoms with E-state index in [4.69, 9.17) is 4.74 Å². The van der Waals surface area contributed by atoms with Gasteiger partial charge in [-0.3, -0.25) is 0 Å². The van der Waals surface area contributed by atoms with E-state index in [9.17, 15) is 0 Å². The fraction of sp³-hybridized carbons (Fsp3) is 1.00. The first-order chi connectivity index (χ1) is 6.99. The summed E-state index contributed by atoms with van der Waals surface area (Å²) in [5.41, 5.74) is 0.135. The lowest BCUT2D eigenvalue weighted by atomic mass is 10.00. The van der Waals surface area contributed by atoms with Crippen molar-refractivity contribution in [3.8, 4) is 0 Å². The van der Waals surface area contributed by atoms with Gasteiger partial charge in [-0.25, -0.2) is 0 Å². The first kappa shape index (κ1) is 11.4. The van der Waals surface area contributed by atoms with Gasteiger partial charge in [0.1, 0.15) is 0 Å². The quantitative estimate of drug-likeness (QED) is 0.772. The third kappa shape index (κ3) is 3.46. The molecule has 0 aromatic carbocycles. The van der Waals surface area contributed by atoms with Crippen LogP contribution in [0.25, 0.3) is 0 Å². The molecule has 2 rings (SSSR count). The van der Waals surface area contributed by atoms with Gasteiger partial charge in [-0.15, -0.1) is 0 Å². The lowest BCUT2D eigenvalue weighted by Gasteiger charge is -2.37. The van der Waals surface area contributed by atoms with Gasteiger partial charge in [-0.2, -0.15) is 0 Å². The summed E-state index contributed by atoms with van der Waals surface area (Å²) in [6.07, 6.45) is 7.88. The number of hydrogen-bond acceptors (Lipinski definition) is 2. The summed E-state index contributed by atoms with van der Waals surface area (Å²) >= 11 is 0. The molecule has 0 saturated heterocycles. The van der Waals surface area contributed by atoms with Crippen LogP contribution in [0.15, 0.2) is 0 Å². The predicted molar refractivity (Wildman–Crippen MR) is 63.1 cm³/mol. The molecule has 0 aromatic rings. The Morgan fingerprint density at radius 3 is 2.27 bits per heavy atom. The monoisotopic (exact) mass is 211 g/mol. The Balaban J connectivity index is 1.89. The maximum absolute atomic E-state index is 6.30. The van der Waals surface area contributed by atoms with Gasteiger partial charge in [0.25, 0.3) is 0 Å². The van der Waals surface area contributed by atoms with Crippen LogP contribution in [0.1, 0.15) is 59.3 Å². The number of hydrogen-bond donors (Lipinski definition) is 1. The summed E-state index contributed by atoms with van der Waals surface area (Å²) in [7, 11) is 0. The molecule has 2 aliphatic rings. The van der Waals surface area contributed by atoms with E-state index in [2.05, 4.69) is 26.1 Å². The largest absolute Gasteiger partial charge is 0.368 e. The van der Waals surface area contributed by atoms with Crippen LogP contribution < -0.4 is 5.32 Å². The van der Waals surface area contributed by atoms with E-state index in [1.54, 1.807) is 0 Å². The average Bonchev–Trinajstić information content (AvgIpc) is 2.83. The summed E-state index contributed by atoms with van der Waals surface area (Å²) in [4.78, 5) is 0. The Kier molecular flexibility index (Phi) is 3.09. The molecule has 2 saturated carbocycles. The zero-order valence-electron chi connectivity index (χ0n) is 10.4. The number of ether oxygens (including phenoxy) is 1. The molecule has 0 radical (unpaired) electrons. The molecule has 0 bridgehead atoms. The lowest BCUT2D eigenvalue weighted by Crippen LogP contribution is -2.46. The molecular weight excluding hydrogens is 186 g/mol. The molecule has 0 unspecified atom stereocenters. The Morgan fingerprint density at radius 2 is 1.80 bits per heavy atom. The molecular formula is C13H25NO. The highest BCUT2D eigenvalue weighted by molar-refractivity contribution is 4.93. The molecule has 1 N–H and O–H groups in total. The molecule has 0 spiro atoms. The average molecular weight is 211 g/mol. The Labute approximate surface area is 93.8 Å². The summed E-state index contributed by atoms with van der Waals surface area (Å²) in [6.45, 7) is 7.58. The van der Waals surface area contributed by atoms with Gasteiger partial charge in [-0.1, -0.05) is 12.8 Å². The molecule has 0 atom stereocenters. The van der Waals surface area contributed by atoms with E-state index in [1.165, 1.54) is 38.5 Å². The van der Waals surface area contributed by atoms with Gasteiger partial charge < -0.3 is 10.1 Å². The first-order valence-corrected chi connectivity index (χ1v) is 6.43. The maximum Gasteiger partial charge on any atom is 0.0813 e. The van der Waals surface area contributed by atoms with Crippen molar-refractivity contribution in [3.05, 3.63) is 0 Å². The zero-order chi connectivity index (χ0) is 10.9. The lowest BCUT2D eigenvalue weighted by molar-refractivity contribution is -0.127. The highest BCUT2D eigenvalue weighted by atomic mass is 16.5. The van der Waals surface area contributed by atoms with Gasteiger partial charge >= 0.3 is 0 Å². The molecule has 2 heteroatoms. The van der Waals surface area contributed by atoms with Crippen molar-refractivity contribution < 1.29 is 4.74 Å². The fourth-order valence-electron chi connectivity index (χ4n) is 2.60. The summed E-state index contributed by atoms with van der Waals surface area (Å²) in [5, 5.41) is 3.64. The third-order valence-electron chi connectivity index (χ3n) is 3.33. The first-order valence-electron chi connectivity index (χ1n) is 6.43.